The Kier molecular flexibility index (Phi) is 8.62. The lowest BCUT2D eigenvalue weighted by atomic mass is 9.85. The Labute approximate surface area is 226 Å². The molecule has 6 nitrogen and oxygen atoms in total. The average molecular weight is 538 g/mol. The summed E-state index contributed by atoms with van der Waals surface area (Å²) in [5, 5.41) is 9.30. The fourth-order valence-electron chi connectivity index (χ4n) is 4.65. The van der Waals surface area contributed by atoms with Crippen LogP contribution in [0.4, 0.5) is 9.18 Å². The van der Waals surface area contributed by atoms with Gasteiger partial charge in [-0.05, 0) is 86.2 Å². The van der Waals surface area contributed by atoms with E-state index in [1.807, 2.05) is 24.5 Å². The number of benzene rings is 3. The molecule has 0 unspecified atom stereocenters. The van der Waals surface area contributed by atoms with Gasteiger partial charge in [0.15, 0.2) is 5.60 Å². The van der Waals surface area contributed by atoms with E-state index in [-0.39, 0.29) is 17.6 Å². The lowest BCUT2D eigenvalue weighted by Crippen LogP contribution is -2.37. The topological polar surface area (TPSA) is 76.1 Å². The van der Waals surface area contributed by atoms with Crippen LogP contribution in [0.3, 0.4) is 0 Å². The van der Waals surface area contributed by atoms with Crippen LogP contribution < -0.4 is 9.47 Å². The number of carbonyl (C=O) groups excluding carboxylic acids is 1. The van der Waals surface area contributed by atoms with Crippen molar-refractivity contribution in [1.29, 1.82) is 0 Å². The molecule has 0 bridgehead atoms. The molecule has 0 radical (unpaired) electrons. The van der Waals surface area contributed by atoms with E-state index < -0.39 is 23.5 Å². The van der Waals surface area contributed by atoms with Crippen LogP contribution in [0.25, 0.3) is 0 Å². The summed E-state index contributed by atoms with van der Waals surface area (Å²) in [6, 6.07) is 21.8. The number of carbonyl (C=O) groups is 2. The summed E-state index contributed by atoms with van der Waals surface area (Å²) < 4.78 is 26.2. The van der Waals surface area contributed by atoms with Crippen LogP contribution in [0.1, 0.15) is 25.0 Å². The zero-order valence-corrected chi connectivity index (χ0v) is 22.5. The minimum atomic E-state index is -1.48. The molecule has 3 aromatic rings. The molecule has 1 aliphatic rings. The van der Waals surface area contributed by atoms with Crippen molar-refractivity contribution in [2.75, 3.05) is 19.3 Å². The number of ether oxygens (including phenoxy) is 2. The molecular weight excluding hydrogens is 505 g/mol. The van der Waals surface area contributed by atoms with Crippen LogP contribution in [0.2, 0.25) is 0 Å². The molecule has 8 heteroatoms. The SMILES string of the molecule is CSc1ccc(C[C@H]2CN(C(=O)Oc3ccccc3)C[C@@H]2Cc2ccc(OC(C)(C)C(=O)O)cc2F)cc1. The number of likely N-dealkylation sites (tertiary alicyclic amines) is 1. The predicted molar refractivity (Wildman–Crippen MR) is 145 cm³/mol. The number of amides is 1. The summed E-state index contributed by atoms with van der Waals surface area (Å²) in [5.74, 6) is -0.837. The van der Waals surface area contributed by atoms with E-state index in [1.165, 1.54) is 24.8 Å². The number of aliphatic carboxylic acids is 1. The third-order valence-corrected chi connectivity index (χ3v) is 7.58. The number of hydrogen-bond acceptors (Lipinski definition) is 5. The van der Waals surface area contributed by atoms with E-state index in [2.05, 4.69) is 24.3 Å². The third-order valence-electron chi connectivity index (χ3n) is 6.83. The Morgan fingerprint density at radius 2 is 1.63 bits per heavy atom. The van der Waals surface area contributed by atoms with Crippen LogP contribution in [-0.4, -0.2) is 47.0 Å². The zero-order chi connectivity index (χ0) is 27.3. The molecule has 1 aliphatic heterocycles. The molecule has 2 atom stereocenters. The number of nitrogens with zero attached hydrogens (tertiary/aromatic N) is 1. The van der Waals surface area contributed by atoms with Crippen LogP contribution in [0.15, 0.2) is 77.7 Å². The van der Waals surface area contributed by atoms with Gasteiger partial charge in [-0.2, -0.15) is 0 Å². The fourth-order valence-corrected chi connectivity index (χ4v) is 5.05. The van der Waals surface area contributed by atoms with E-state index >= 15 is 4.39 Å². The summed E-state index contributed by atoms with van der Waals surface area (Å²) in [5.41, 5.74) is 0.184. The summed E-state index contributed by atoms with van der Waals surface area (Å²) >= 11 is 1.68. The molecule has 0 spiro atoms. The Bertz CT molecular complexity index is 1270. The zero-order valence-electron chi connectivity index (χ0n) is 21.7. The number of carboxylic acid groups (broad SMARTS) is 1. The third kappa shape index (κ3) is 6.86. The van der Waals surface area contributed by atoms with E-state index in [9.17, 15) is 14.7 Å². The molecule has 4 rings (SSSR count). The van der Waals surface area contributed by atoms with Gasteiger partial charge in [-0.25, -0.2) is 14.0 Å². The second-order valence-corrected chi connectivity index (χ2v) is 10.9. The molecule has 38 heavy (non-hydrogen) atoms. The van der Waals surface area contributed by atoms with Crippen molar-refractivity contribution in [3.8, 4) is 11.5 Å². The van der Waals surface area contributed by atoms with Crippen molar-refractivity contribution in [2.45, 2.75) is 37.2 Å². The van der Waals surface area contributed by atoms with Gasteiger partial charge < -0.3 is 19.5 Å². The van der Waals surface area contributed by atoms with Gasteiger partial charge in [0, 0.05) is 24.1 Å². The van der Waals surface area contributed by atoms with Gasteiger partial charge in [0.05, 0.1) is 0 Å². The molecule has 3 aromatic carbocycles. The predicted octanol–water partition coefficient (Wildman–Crippen LogP) is 6.32. The highest BCUT2D eigenvalue weighted by molar-refractivity contribution is 7.98. The summed E-state index contributed by atoms with van der Waals surface area (Å²) in [6.45, 7) is 3.79. The van der Waals surface area contributed by atoms with E-state index in [4.69, 9.17) is 9.47 Å². The molecule has 1 saturated heterocycles. The van der Waals surface area contributed by atoms with Crippen molar-refractivity contribution >= 4 is 23.8 Å². The first-order valence-electron chi connectivity index (χ1n) is 12.5. The van der Waals surface area contributed by atoms with Crippen molar-refractivity contribution < 1.29 is 28.6 Å². The first-order chi connectivity index (χ1) is 18.1. The standard InChI is InChI=1S/C30H32FNO5S/c1-30(2,28(33)34)37-25-12-11-21(27(31)17-25)16-23-19-32(29(35)36-24-7-5-4-6-8-24)18-22(23)15-20-9-13-26(38-3)14-10-20/h4-14,17,22-23H,15-16,18-19H2,1-3H3,(H,33,34)/t22-,23-/m0/s1. The lowest BCUT2D eigenvalue weighted by molar-refractivity contribution is -0.152. The Balaban J connectivity index is 1.51. The number of para-hydroxylation sites is 1. The highest BCUT2D eigenvalue weighted by atomic mass is 32.2. The highest BCUT2D eigenvalue weighted by Gasteiger charge is 2.37. The Morgan fingerprint density at radius 3 is 2.24 bits per heavy atom. The molecule has 1 amide bonds. The maximum Gasteiger partial charge on any atom is 0.415 e. The van der Waals surface area contributed by atoms with Gasteiger partial charge in [-0.1, -0.05) is 36.4 Å². The molecular formula is C30H32FNO5S. The number of thioether (sulfide) groups is 1. The van der Waals surface area contributed by atoms with Crippen molar-refractivity contribution in [3.05, 3.63) is 89.7 Å². The van der Waals surface area contributed by atoms with Crippen molar-refractivity contribution in [1.82, 2.24) is 4.90 Å². The first-order valence-corrected chi connectivity index (χ1v) is 13.7. The highest BCUT2D eigenvalue weighted by Crippen LogP contribution is 2.33. The molecule has 0 aromatic heterocycles. The van der Waals surface area contributed by atoms with Crippen LogP contribution >= 0.6 is 11.8 Å². The van der Waals surface area contributed by atoms with E-state index in [0.717, 1.165) is 12.0 Å². The maximum absolute atomic E-state index is 15.1. The first kappa shape index (κ1) is 27.5. The summed E-state index contributed by atoms with van der Waals surface area (Å²) in [7, 11) is 0. The average Bonchev–Trinajstić information content (AvgIpc) is 3.28. The normalized spacial score (nSPS) is 17.3. The van der Waals surface area contributed by atoms with Gasteiger partial charge in [-0.15, -0.1) is 11.8 Å². The number of hydrogen-bond donors (Lipinski definition) is 1. The van der Waals surface area contributed by atoms with Crippen molar-refractivity contribution in [3.63, 3.8) is 0 Å². The van der Waals surface area contributed by atoms with Crippen LogP contribution in [0, 0.1) is 17.7 Å². The van der Waals surface area contributed by atoms with E-state index in [0.29, 0.717) is 30.8 Å². The quantitative estimate of drug-likeness (QED) is 0.322. The molecule has 0 aliphatic carbocycles. The summed E-state index contributed by atoms with van der Waals surface area (Å²) in [6.07, 6.45) is 2.80. The number of halogens is 1. The van der Waals surface area contributed by atoms with E-state index in [1.54, 1.807) is 40.9 Å². The monoisotopic (exact) mass is 537 g/mol. The molecule has 200 valence electrons. The Morgan fingerprint density at radius 1 is 0.974 bits per heavy atom. The van der Waals surface area contributed by atoms with Gasteiger partial charge in [0.2, 0.25) is 0 Å². The van der Waals surface area contributed by atoms with Gasteiger partial charge >= 0.3 is 12.1 Å². The maximum atomic E-state index is 15.1. The number of rotatable bonds is 9. The molecule has 1 fully saturated rings. The smallest absolute Gasteiger partial charge is 0.415 e. The number of carboxylic acids is 1. The van der Waals surface area contributed by atoms with Crippen LogP contribution in [-0.2, 0) is 17.6 Å². The van der Waals surface area contributed by atoms with Gasteiger partial charge in [0.25, 0.3) is 0 Å². The fraction of sp³-hybridized carbons (Fsp3) is 0.333. The van der Waals surface area contributed by atoms with Gasteiger partial charge in [-0.3, -0.25) is 0 Å². The second-order valence-electron chi connectivity index (χ2n) is 10.0. The van der Waals surface area contributed by atoms with Gasteiger partial charge in [0.1, 0.15) is 17.3 Å². The lowest BCUT2D eigenvalue weighted by Gasteiger charge is -2.22. The summed E-state index contributed by atoms with van der Waals surface area (Å²) in [4.78, 5) is 27.2. The minimum absolute atomic E-state index is 0.00952. The molecule has 0 saturated carbocycles. The molecule has 1 heterocycles. The minimum Gasteiger partial charge on any atom is -0.478 e. The van der Waals surface area contributed by atoms with Crippen molar-refractivity contribution in [2.24, 2.45) is 11.8 Å². The largest absolute Gasteiger partial charge is 0.478 e. The van der Waals surface area contributed by atoms with Crippen LogP contribution in [0.5, 0.6) is 11.5 Å². The Hall–Kier alpha value is -3.52. The second kappa shape index (κ2) is 11.9. The molecule has 1 N–H and O–H groups in total.